The molecule has 0 saturated heterocycles. The number of urea groups is 1. The van der Waals surface area contributed by atoms with E-state index in [1.807, 2.05) is 0 Å². The van der Waals surface area contributed by atoms with E-state index in [1.54, 1.807) is 0 Å². The van der Waals surface area contributed by atoms with Gasteiger partial charge in [-0.25, -0.2) is 14.0 Å². The van der Waals surface area contributed by atoms with Gasteiger partial charge in [-0.2, -0.15) is 0 Å². The van der Waals surface area contributed by atoms with E-state index in [2.05, 4.69) is 10.6 Å². The van der Waals surface area contributed by atoms with E-state index < -0.39 is 29.8 Å². The first kappa shape index (κ1) is 18.7. The fourth-order valence-electron chi connectivity index (χ4n) is 2.58. The maximum absolute atomic E-state index is 13.6. The van der Waals surface area contributed by atoms with Gasteiger partial charge < -0.3 is 14.8 Å². The summed E-state index contributed by atoms with van der Waals surface area (Å²) in [6.07, 6.45) is 2.66. The Bertz CT molecular complexity index is 658. The molecule has 1 fully saturated rings. The summed E-state index contributed by atoms with van der Waals surface area (Å²) in [7, 11) is 1.31. The Balaban J connectivity index is 1.86. The Morgan fingerprint density at radius 3 is 2.52 bits per heavy atom. The van der Waals surface area contributed by atoms with E-state index in [0.29, 0.717) is 0 Å². The topological polar surface area (TPSA) is 93.7 Å². The Morgan fingerprint density at radius 1 is 1.24 bits per heavy atom. The molecule has 1 atom stereocenters. The van der Waals surface area contributed by atoms with Gasteiger partial charge in [0.05, 0.1) is 12.7 Å². The highest BCUT2D eigenvalue weighted by Gasteiger charge is 2.23. The van der Waals surface area contributed by atoms with Gasteiger partial charge in [-0.15, -0.1) is 0 Å². The van der Waals surface area contributed by atoms with Crippen molar-refractivity contribution in [3.05, 3.63) is 29.6 Å². The number of rotatable bonds is 5. The molecule has 0 spiro atoms. The quantitative estimate of drug-likeness (QED) is 0.792. The van der Waals surface area contributed by atoms with E-state index in [9.17, 15) is 18.8 Å². The number of carbonyl (C=O) groups is 3. The van der Waals surface area contributed by atoms with Crippen LogP contribution in [0.2, 0.25) is 0 Å². The number of hydrogen-bond donors (Lipinski definition) is 2. The second-order valence-electron chi connectivity index (χ2n) is 5.84. The number of halogens is 1. The van der Waals surface area contributed by atoms with Crippen molar-refractivity contribution in [1.29, 1.82) is 0 Å². The van der Waals surface area contributed by atoms with Crippen molar-refractivity contribution in [1.82, 2.24) is 10.6 Å². The van der Waals surface area contributed by atoms with Crippen LogP contribution in [0.4, 0.5) is 9.18 Å². The molecule has 7 nitrogen and oxygen atoms in total. The van der Waals surface area contributed by atoms with Crippen LogP contribution in [0.1, 0.15) is 43.0 Å². The molecule has 2 rings (SSSR count). The molecule has 0 aliphatic heterocycles. The predicted molar refractivity (Wildman–Crippen MR) is 86.8 cm³/mol. The van der Waals surface area contributed by atoms with Crippen molar-refractivity contribution in [2.75, 3.05) is 7.11 Å². The van der Waals surface area contributed by atoms with Crippen molar-refractivity contribution >= 4 is 17.9 Å². The number of hydrogen-bond acceptors (Lipinski definition) is 5. The summed E-state index contributed by atoms with van der Waals surface area (Å²) in [5, 5.41) is 4.83. The van der Waals surface area contributed by atoms with Crippen LogP contribution >= 0.6 is 0 Å². The van der Waals surface area contributed by atoms with E-state index in [1.165, 1.54) is 26.2 Å². The molecule has 1 aromatic carbocycles. The third-order valence-electron chi connectivity index (χ3n) is 3.97. The number of esters is 1. The molecule has 2 N–H and O–H groups in total. The first-order valence-electron chi connectivity index (χ1n) is 8.06. The summed E-state index contributed by atoms with van der Waals surface area (Å²) in [5.41, 5.74) is -0.0617. The van der Waals surface area contributed by atoms with E-state index in [4.69, 9.17) is 9.47 Å². The maximum atomic E-state index is 13.6. The summed E-state index contributed by atoms with van der Waals surface area (Å²) in [5.74, 6) is -2.35. The highest BCUT2D eigenvalue weighted by atomic mass is 19.1. The van der Waals surface area contributed by atoms with Crippen molar-refractivity contribution in [3.63, 3.8) is 0 Å². The molecule has 0 unspecified atom stereocenters. The number of carbonyl (C=O) groups excluding carboxylic acids is 3. The lowest BCUT2D eigenvalue weighted by Crippen LogP contribution is -2.47. The zero-order valence-electron chi connectivity index (χ0n) is 14.1. The minimum atomic E-state index is -1.20. The van der Waals surface area contributed by atoms with Gasteiger partial charge in [-0.3, -0.25) is 10.1 Å². The first-order valence-corrected chi connectivity index (χ1v) is 8.06. The van der Waals surface area contributed by atoms with Crippen LogP contribution in [0.25, 0.3) is 0 Å². The van der Waals surface area contributed by atoms with Gasteiger partial charge in [0.25, 0.3) is 5.91 Å². The number of ether oxygens (including phenoxy) is 2. The standard InChI is InChI=1S/C17H21FN2O5/c1-10(15(21)20-17(23)19-12-5-3-4-6-12)25-16(22)11-7-8-14(24-2)13(18)9-11/h7-10,12H,3-6H2,1-2H3,(H2,19,20,21,23)/t10-/m0/s1. The average molecular weight is 352 g/mol. The third kappa shape index (κ3) is 5.17. The first-order chi connectivity index (χ1) is 11.9. The SMILES string of the molecule is COc1ccc(C(=O)O[C@@H](C)C(=O)NC(=O)NC2CCCC2)cc1F. The molecule has 1 saturated carbocycles. The highest BCUT2D eigenvalue weighted by molar-refractivity contribution is 5.98. The Hall–Kier alpha value is -2.64. The van der Waals surface area contributed by atoms with Crippen LogP contribution < -0.4 is 15.4 Å². The minimum Gasteiger partial charge on any atom is -0.494 e. The van der Waals surface area contributed by atoms with Gasteiger partial charge in [0, 0.05) is 6.04 Å². The summed E-state index contributed by atoms with van der Waals surface area (Å²) in [6.45, 7) is 1.33. The average Bonchev–Trinajstić information content (AvgIpc) is 3.07. The lowest BCUT2D eigenvalue weighted by atomic mass is 10.2. The van der Waals surface area contributed by atoms with Crippen molar-refractivity contribution in [2.45, 2.75) is 44.8 Å². The second kappa shape index (κ2) is 8.46. The second-order valence-corrected chi connectivity index (χ2v) is 5.84. The maximum Gasteiger partial charge on any atom is 0.339 e. The molecular weight excluding hydrogens is 331 g/mol. The van der Waals surface area contributed by atoms with E-state index in [0.717, 1.165) is 31.7 Å². The van der Waals surface area contributed by atoms with Crippen LogP contribution in [0, 0.1) is 5.82 Å². The molecule has 0 aromatic heterocycles. The molecule has 1 aromatic rings. The third-order valence-corrected chi connectivity index (χ3v) is 3.97. The zero-order valence-corrected chi connectivity index (χ0v) is 14.1. The van der Waals surface area contributed by atoms with Gasteiger partial charge in [-0.1, -0.05) is 12.8 Å². The molecule has 1 aliphatic carbocycles. The molecule has 1 aliphatic rings. The largest absolute Gasteiger partial charge is 0.494 e. The van der Waals surface area contributed by atoms with E-state index in [-0.39, 0.29) is 17.4 Å². The fraction of sp³-hybridized carbons (Fsp3) is 0.471. The van der Waals surface area contributed by atoms with Gasteiger partial charge >= 0.3 is 12.0 Å². The molecule has 8 heteroatoms. The van der Waals surface area contributed by atoms with Crippen LogP contribution in [0.15, 0.2) is 18.2 Å². The molecule has 25 heavy (non-hydrogen) atoms. The number of nitrogens with one attached hydrogen (secondary N) is 2. The molecule has 0 bridgehead atoms. The predicted octanol–water partition coefficient (Wildman–Crippen LogP) is 2.15. The normalized spacial score (nSPS) is 15.3. The van der Waals surface area contributed by atoms with Gasteiger partial charge in [-0.05, 0) is 38.0 Å². The fourth-order valence-corrected chi connectivity index (χ4v) is 2.58. The van der Waals surface area contributed by atoms with Crippen molar-refractivity contribution < 1.29 is 28.2 Å². The number of imide groups is 1. The summed E-state index contributed by atoms with van der Waals surface area (Å²) < 4.78 is 23.3. The number of benzene rings is 1. The van der Waals surface area contributed by atoms with Crippen LogP contribution in [0.3, 0.4) is 0 Å². The summed E-state index contributed by atoms with van der Waals surface area (Å²) in [4.78, 5) is 35.6. The Labute approximate surface area is 144 Å². The van der Waals surface area contributed by atoms with Crippen LogP contribution in [-0.4, -0.2) is 37.2 Å². The molecule has 136 valence electrons. The smallest absolute Gasteiger partial charge is 0.339 e. The lowest BCUT2D eigenvalue weighted by molar-refractivity contribution is -0.127. The molecule has 0 radical (unpaired) electrons. The highest BCUT2D eigenvalue weighted by Crippen LogP contribution is 2.19. The van der Waals surface area contributed by atoms with E-state index >= 15 is 0 Å². The lowest BCUT2D eigenvalue weighted by Gasteiger charge is -2.15. The van der Waals surface area contributed by atoms with Crippen molar-refractivity contribution in [3.8, 4) is 5.75 Å². The summed E-state index contributed by atoms with van der Waals surface area (Å²) in [6, 6.07) is 3.01. The van der Waals surface area contributed by atoms with Crippen molar-refractivity contribution in [2.24, 2.45) is 0 Å². The van der Waals surface area contributed by atoms with Gasteiger partial charge in [0.15, 0.2) is 17.7 Å². The number of methoxy groups -OCH3 is 1. The molecule has 3 amide bonds. The monoisotopic (exact) mass is 352 g/mol. The van der Waals surface area contributed by atoms with Gasteiger partial charge in [0.1, 0.15) is 0 Å². The van der Waals surface area contributed by atoms with Crippen LogP contribution in [0.5, 0.6) is 5.75 Å². The Morgan fingerprint density at radius 2 is 1.92 bits per heavy atom. The zero-order chi connectivity index (χ0) is 18.4. The molecule has 0 heterocycles. The molecular formula is C17H21FN2O5. The Kier molecular flexibility index (Phi) is 6.32. The van der Waals surface area contributed by atoms with Gasteiger partial charge in [0.2, 0.25) is 0 Å². The minimum absolute atomic E-state index is 0.00840. The van der Waals surface area contributed by atoms with Crippen LogP contribution in [-0.2, 0) is 9.53 Å². The number of amides is 3. The summed E-state index contributed by atoms with van der Waals surface area (Å²) >= 11 is 0.